The fourth-order valence-electron chi connectivity index (χ4n) is 1.59. The third-order valence-electron chi connectivity index (χ3n) is 2.63. The van der Waals surface area contributed by atoms with E-state index in [0.29, 0.717) is 11.4 Å². The molecule has 0 aliphatic heterocycles. The molecule has 0 fully saturated rings. The van der Waals surface area contributed by atoms with Gasteiger partial charge in [-0.05, 0) is 18.6 Å². The van der Waals surface area contributed by atoms with E-state index in [4.69, 9.17) is 5.84 Å². The molecule has 1 amide bonds. The summed E-state index contributed by atoms with van der Waals surface area (Å²) in [5.41, 5.74) is 3.48. The van der Waals surface area contributed by atoms with Gasteiger partial charge in [-0.3, -0.25) is 10.6 Å². The van der Waals surface area contributed by atoms with Gasteiger partial charge in [-0.15, -0.1) is 11.3 Å². The van der Waals surface area contributed by atoms with E-state index in [9.17, 15) is 4.79 Å². The first-order chi connectivity index (χ1) is 9.24. The number of thiazole rings is 1. The number of carbonyl (C=O) groups excluding carboxylic acids is 1. The Balaban J connectivity index is 2.06. The number of nitrogens with one attached hydrogen (secondary N) is 2. The van der Waals surface area contributed by atoms with Gasteiger partial charge in [0.2, 0.25) is 0 Å². The molecule has 6 nitrogen and oxygen atoms in total. The lowest BCUT2D eigenvalue weighted by atomic mass is 10.2. The van der Waals surface area contributed by atoms with Crippen LogP contribution in [-0.2, 0) is 0 Å². The molecule has 2 aromatic heterocycles. The van der Waals surface area contributed by atoms with Crippen molar-refractivity contribution in [3.63, 3.8) is 0 Å². The Bertz CT molecular complexity index is 526. The topological polar surface area (TPSA) is 92.9 Å². The minimum atomic E-state index is -0.217. The number of nitrogens with two attached hydrogens (primary N) is 1. The molecule has 7 heteroatoms. The van der Waals surface area contributed by atoms with Crippen LogP contribution in [0.3, 0.4) is 0 Å². The molecule has 0 radical (unpaired) electrons. The van der Waals surface area contributed by atoms with E-state index in [0.717, 1.165) is 11.4 Å². The third-order valence-corrected chi connectivity index (χ3v) is 3.52. The van der Waals surface area contributed by atoms with E-state index in [1.807, 2.05) is 12.3 Å². The van der Waals surface area contributed by atoms with Crippen molar-refractivity contribution >= 4 is 22.9 Å². The Morgan fingerprint density at radius 1 is 1.47 bits per heavy atom. The highest BCUT2D eigenvalue weighted by Crippen LogP contribution is 2.19. The fraction of sp³-hybridized carbons (Fsp3) is 0.250. The maximum absolute atomic E-state index is 12.1. The standard InChI is InChI=1S/C12H15N5OS/c1-2-9(12-14-5-6-19-12)16-11(18)10-4-3-8(17-13)7-15-10/h3-7,9,17H,2,13H2,1H3,(H,16,18). The molecule has 100 valence electrons. The summed E-state index contributed by atoms with van der Waals surface area (Å²) in [5, 5.41) is 5.71. The lowest BCUT2D eigenvalue weighted by Gasteiger charge is -2.14. The van der Waals surface area contributed by atoms with Crippen molar-refractivity contribution in [1.29, 1.82) is 0 Å². The van der Waals surface area contributed by atoms with Crippen LogP contribution in [0, 0.1) is 0 Å². The zero-order valence-electron chi connectivity index (χ0n) is 10.5. The van der Waals surface area contributed by atoms with Crippen molar-refractivity contribution in [1.82, 2.24) is 15.3 Å². The minimum absolute atomic E-state index is 0.0818. The number of pyridine rings is 1. The molecule has 1 atom stereocenters. The summed E-state index contributed by atoms with van der Waals surface area (Å²) in [5.74, 6) is 5.03. The average molecular weight is 277 g/mol. The van der Waals surface area contributed by atoms with Gasteiger partial charge in [0, 0.05) is 11.6 Å². The van der Waals surface area contributed by atoms with Crippen molar-refractivity contribution in [2.75, 3.05) is 5.43 Å². The number of carbonyl (C=O) groups is 1. The summed E-state index contributed by atoms with van der Waals surface area (Å²) in [6.07, 6.45) is 4.02. The third kappa shape index (κ3) is 3.27. The first kappa shape index (κ1) is 13.4. The van der Waals surface area contributed by atoms with Crippen molar-refractivity contribution in [3.8, 4) is 0 Å². The van der Waals surface area contributed by atoms with Crippen LogP contribution in [0.1, 0.15) is 34.9 Å². The summed E-state index contributed by atoms with van der Waals surface area (Å²) in [6.45, 7) is 2.00. The van der Waals surface area contributed by atoms with Gasteiger partial charge in [-0.25, -0.2) is 9.97 Å². The molecule has 2 heterocycles. The average Bonchev–Trinajstić information content (AvgIpc) is 2.98. The number of anilines is 1. The van der Waals surface area contributed by atoms with Crippen LogP contribution in [0.25, 0.3) is 0 Å². The van der Waals surface area contributed by atoms with Gasteiger partial charge in [0.25, 0.3) is 5.91 Å². The molecule has 0 aromatic carbocycles. The maximum Gasteiger partial charge on any atom is 0.270 e. The highest BCUT2D eigenvalue weighted by atomic mass is 32.1. The summed E-state index contributed by atoms with van der Waals surface area (Å²) in [7, 11) is 0. The van der Waals surface area contributed by atoms with E-state index >= 15 is 0 Å². The van der Waals surface area contributed by atoms with Crippen LogP contribution >= 0.6 is 11.3 Å². The molecule has 0 bridgehead atoms. The molecule has 0 saturated carbocycles. The lowest BCUT2D eigenvalue weighted by Crippen LogP contribution is -2.28. The summed E-state index contributed by atoms with van der Waals surface area (Å²) >= 11 is 1.53. The number of hydrazine groups is 1. The molecular formula is C12H15N5OS. The maximum atomic E-state index is 12.1. The normalized spacial score (nSPS) is 11.9. The zero-order valence-corrected chi connectivity index (χ0v) is 11.3. The molecule has 2 rings (SSSR count). The van der Waals surface area contributed by atoms with Gasteiger partial charge < -0.3 is 10.7 Å². The predicted molar refractivity (Wildman–Crippen MR) is 74.7 cm³/mol. The highest BCUT2D eigenvalue weighted by molar-refractivity contribution is 7.09. The molecule has 0 aliphatic carbocycles. The number of hydrogen-bond acceptors (Lipinski definition) is 6. The fourth-order valence-corrected chi connectivity index (χ4v) is 2.36. The Hall–Kier alpha value is -1.99. The van der Waals surface area contributed by atoms with Crippen LogP contribution in [0.15, 0.2) is 29.9 Å². The van der Waals surface area contributed by atoms with Gasteiger partial charge >= 0.3 is 0 Å². The monoisotopic (exact) mass is 277 g/mol. The Kier molecular flexibility index (Phi) is 4.43. The molecule has 0 aliphatic rings. The summed E-state index contributed by atoms with van der Waals surface area (Å²) in [4.78, 5) is 20.3. The smallest absolute Gasteiger partial charge is 0.270 e. The number of aromatic nitrogens is 2. The molecule has 19 heavy (non-hydrogen) atoms. The van der Waals surface area contributed by atoms with Crippen molar-refractivity contribution in [2.24, 2.45) is 5.84 Å². The zero-order chi connectivity index (χ0) is 13.7. The Morgan fingerprint density at radius 3 is 2.84 bits per heavy atom. The second-order valence-electron chi connectivity index (χ2n) is 3.88. The van der Waals surface area contributed by atoms with Crippen LogP contribution < -0.4 is 16.6 Å². The molecule has 0 saturated heterocycles. The molecule has 1 unspecified atom stereocenters. The Morgan fingerprint density at radius 2 is 2.32 bits per heavy atom. The number of hydrogen-bond donors (Lipinski definition) is 3. The number of nitrogen functional groups attached to an aromatic ring is 1. The Labute approximate surface area is 115 Å². The van der Waals surface area contributed by atoms with E-state index in [1.165, 1.54) is 17.5 Å². The second-order valence-corrected chi connectivity index (χ2v) is 4.81. The summed E-state index contributed by atoms with van der Waals surface area (Å²) in [6, 6.07) is 3.24. The molecule has 2 aromatic rings. The van der Waals surface area contributed by atoms with E-state index in [-0.39, 0.29) is 11.9 Å². The number of amides is 1. The van der Waals surface area contributed by atoms with Crippen molar-refractivity contribution in [3.05, 3.63) is 40.6 Å². The van der Waals surface area contributed by atoms with E-state index in [2.05, 4.69) is 20.7 Å². The lowest BCUT2D eigenvalue weighted by molar-refractivity contribution is 0.0930. The van der Waals surface area contributed by atoms with Crippen LogP contribution in [-0.4, -0.2) is 15.9 Å². The molecule has 0 spiro atoms. The largest absolute Gasteiger partial charge is 0.341 e. The first-order valence-corrected chi connectivity index (χ1v) is 6.75. The highest BCUT2D eigenvalue weighted by Gasteiger charge is 2.16. The van der Waals surface area contributed by atoms with Crippen molar-refractivity contribution in [2.45, 2.75) is 19.4 Å². The predicted octanol–water partition coefficient (Wildman–Crippen LogP) is 1.70. The van der Waals surface area contributed by atoms with Crippen molar-refractivity contribution < 1.29 is 4.79 Å². The minimum Gasteiger partial charge on any atom is -0.341 e. The molecule has 4 N–H and O–H groups in total. The SMILES string of the molecule is CCC(NC(=O)c1ccc(NN)cn1)c1nccs1. The van der Waals surface area contributed by atoms with E-state index in [1.54, 1.807) is 18.3 Å². The van der Waals surface area contributed by atoms with Gasteiger partial charge in [0.15, 0.2) is 0 Å². The second kappa shape index (κ2) is 6.26. The van der Waals surface area contributed by atoms with Gasteiger partial charge in [0.1, 0.15) is 10.7 Å². The first-order valence-electron chi connectivity index (χ1n) is 5.87. The van der Waals surface area contributed by atoms with Gasteiger partial charge in [-0.2, -0.15) is 0 Å². The van der Waals surface area contributed by atoms with Crippen LogP contribution in [0.4, 0.5) is 5.69 Å². The quantitative estimate of drug-likeness (QED) is 0.571. The summed E-state index contributed by atoms with van der Waals surface area (Å²) < 4.78 is 0. The van der Waals surface area contributed by atoms with Gasteiger partial charge in [-0.1, -0.05) is 6.92 Å². The molecular weight excluding hydrogens is 262 g/mol. The van der Waals surface area contributed by atoms with E-state index < -0.39 is 0 Å². The number of rotatable bonds is 5. The number of nitrogens with zero attached hydrogens (tertiary/aromatic N) is 2. The van der Waals surface area contributed by atoms with Crippen LogP contribution in [0.5, 0.6) is 0 Å². The van der Waals surface area contributed by atoms with Crippen LogP contribution in [0.2, 0.25) is 0 Å². The van der Waals surface area contributed by atoms with Gasteiger partial charge in [0.05, 0.1) is 17.9 Å².